The van der Waals surface area contributed by atoms with E-state index in [0.717, 1.165) is 33.4 Å². The number of benzene rings is 4. The lowest BCUT2D eigenvalue weighted by Crippen LogP contribution is -3.00. The Morgan fingerprint density at radius 1 is 0.378 bits per heavy atom. The summed E-state index contributed by atoms with van der Waals surface area (Å²) in [5, 5.41) is 89.8. The molecule has 0 aliphatic rings. The maximum Gasteiger partial charge on any atom is 0.488 e. The minimum absolute atomic E-state index is 0. The fraction of sp³-hybridized carbons (Fsp3) is 0.188. The highest BCUT2D eigenvalue weighted by atomic mass is 79.9. The van der Waals surface area contributed by atoms with Crippen molar-refractivity contribution in [2.45, 2.75) is 52.9 Å². The van der Waals surface area contributed by atoms with E-state index in [1.165, 1.54) is 0 Å². The highest BCUT2D eigenvalue weighted by Crippen LogP contribution is 2.20. The molecule has 8 rings (SSSR count). The molecule has 20 nitrogen and oxygen atoms in total. The third kappa shape index (κ3) is 21.5. The molecule has 0 aliphatic carbocycles. The Hall–Kier alpha value is -8.26. The van der Waals surface area contributed by atoms with E-state index in [9.17, 15) is 59.4 Å². The van der Waals surface area contributed by atoms with Gasteiger partial charge in [0.2, 0.25) is 11.8 Å². The molecule has 4 aromatic carbocycles. The number of halogens is 2. The van der Waals surface area contributed by atoms with Gasteiger partial charge in [-0.05, 0) is 72.3 Å². The molecule has 0 unspecified atom stereocenters. The number of carbonyl (C=O) groups excluding carboxylic acids is 4. The van der Waals surface area contributed by atoms with E-state index in [-0.39, 0.29) is 64.1 Å². The molecule has 0 aliphatic heterocycles. The topological polar surface area (TPSA) is 294 Å². The molecule has 0 fully saturated rings. The molecule has 464 valence electrons. The molecule has 0 bridgehead atoms. The zero-order chi connectivity index (χ0) is 63.3. The first-order valence-corrected chi connectivity index (χ1v) is 28.5. The van der Waals surface area contributed by atoms with Gasteiger partial charge in [0.1, 0.15) is 11.1 Å². The van der Waals surface area contributed by atoms with Gasteiger partial charge in [0.25, 0.3) is 11.8 Å². The fourth-order valence-electron chi connectivity index (χ4n) is 9.56. The molecule has 0 atom stereocenters. The largest absolute Gasteiger partial charge is 1.00 e. The summed E-state index contributed by atoms with van der Waals surface area (Å²) in [6, 6.07) is 39.4. The van der Waals surface area contributed by atoms with Crippen LogP contribution in [0.4, 0.5) is 0 Å². The van der Waals surface area contributed by atoms with Crippen LogP contribution in [0.15, 0.2) is 207 Å². The number of aromatic nitrogens is 4. The maximum atomic E-state index is 13.3. The second-order valence-corrected chi connectivity index (χ2v) is 21.1. The molecular weight excluding hydrogens is 1280 g/mol. The Balaban J connectivity index is 0.000000320. The standard InChI is InChI=1S/2C32H34B2N4O6.2BrH/c1-23(2)31(39)35-14-8-15-36-32(40)28-17-27(21-38(22-28)20-26-10-4-6-13-30(26)34(43)44)24-11-7-16-37(18-24)19-25-9-3-5-12-29(25)33(41)42;1-23(2)31(39)35-14-7-15-36-32(40)28-18-27(21-38(22-28)20-26-9-4-6-11-30(26)34(43)44)24-12-16-37(17-13-24)19-25-8-3-5-10-29(25)33(41)42;;/h3-7,9-13,16-18,21-22,41-44H,1,8,14-15,19-20H2,2H3;3-6,8-13,16-18,21-22,41-44H,1,7,14-15,19-20H2,2H3;2*1H/p+2. The number of nitrogens with one attached hydrogen (secondary N) is 4. The minimum atomic E-state index is -1.64. The molecule has 4 heterocycles. The first-order chi connectivity index (χ1) is 42.2. The summed E-state index contributed by atoms with van der Waals surface area (Å²) < 4.78 is 7.50. The number of carbonyl (C=O) groups is 4. The SMILES string of the molecule is C=C(C)C(=O)NCCCNC(=O)c1cc(-c2cc[n+](Cc3ccccc3B(O)O)cc2)c[n+](Cc2ccccc2B(O)O)c1.C=C(C)C(=O)NCCCNC(=O)c1cc(-c2ccc[n+](Cc3ccccc3B(O)O)c2)c[n+](Cc2ccccc2B(O)O)c1.[Br-].[Br-]. The van der Waals surface area contributed by atoms with Gasteiger partial charge < -0.3 is 95.4 Å². The number of amides is 4. The summed E-state index contributed by atoms with van der Waals surface area (Å²) in [5.74, 6) is -1.03. The normalized spacial score (nSPS) is 10.4. The second-order valence-electron chi connectivity index (χ2n) is 21.1. The highest BCUT2D eigenvalue weighted by molar-refractivity contribution is 6.60. The van der Waals surface area contributed by atoms with Crippen LogP contribution in [0, 0.1) is 0 Å². The lowest BCUT2D eigenvalue weighted by molar-refractivity contribution is -0.689. The average Bonchev–Trinajstić information content (AvgIpc) is 2.18. The molecule has 12 N–H and O–H groups in total. The molecule has 0 spiro atoms. The Kier molecular flexibility index (Phi) is 28.8. The summed E-state index contributed by atoms with van der Waals surface area (Å²) in [5.41, 5.74) is 9.36. The van der Waals surface area contributed by atoms with Gasteiger partial charge in [-0.25, -0.2) is 9.13 Å². The van der Waals surface area contributed by atoms with E-state index in [0.29, 0.717) is 114 Å². The molecule has 8 aromatic rings. The van der Waals surface area contributed by atoms with Gasteiger partial charge in [0.15, 0.2) is 75.8 Å². The van der Waals surface area contributed by atoms with Crippen molar-refractivity contribution >= 4 is 74.0 Å². The summed E-state index contributed by atoms with van der Waals surface area (Å²) in [6.07, 6.45) is 15.8. The van der Waals surface area contributed by atoms with E-state index in [2.05, 4.69) is 34.4 Å². The predicted octanol–water partition coefficient (Wildman–Crippen LogP) is -7.60. The predicted molar refractivity (Wildman–Crippen MR) is 336 cm³/mol. The van der Waals surface area contributed by atoms with Crippen LogP contribution in [0.3, 0.4) is 0 Å². The van der Waals surface area contributed by atoms with Crippen molar-refractivity contribution in [2.24, 2.45) is 0 Å². The Bertz CT molecular complexity index is 3770. The van der Waals surface area contributed by atoms with Crippen molar-refractivity contribution in [3.05, 3.63) is 241 Å². The van der Waals surface area contributed by atoms with Crippen molar-refractivity contribution in [1.29, 1.82) is 0 Å². The summed E-state index contributed by atoms with van der Waals surface area (Å²) in [7, 11) is -6.43. The Morgan fingerprint density at radius 3 is 1.07 bits per heavy atom. The van der Waals surface area contributed by atoms with Crippen molar-refractivity contribution in [3.63, 3.8) is 0 Å². The van der Waals surface area contributed by atoms with Gasteiger partial charge in [-0.3, -0.25) is 19.2 Å². The third-order valence-electron chi connectivity index (χ3n) is 14.2. The number of hydrogen-bond donors (Lipinski definition) is 12. The molecule has 0 radical (unpaired) electrons. The van der Waals surface area contributed by atoms with Crippen LogP contribution < -0.4 is 95.3 Å². The van der Waals surface area contributed by atoms with E-state index in [4.69, 9.17) is 0 Å². The third-order valence-corrected chi connectivity index (χ3v) is 14.2. The molecular formula is C64H72B4Br2N8O12+2. The van der Waals surface area contributed by atoms with Gasteiger partial charge in [-0.2, -0.15) is 9.13 Å². The molecule has 0 saturated heterocycles. The van der Waals surface area contributed by atoms with Crippen molar-refractivity contribution in [3.8, 4) is 22.3 Å². The molecule has 4 aromatic heterocycles. The Morgan fingerprint density at radius 2 is 0.700 bits per heavy atom. The van der Waals surface area contributed by atoms with Crippen molar-refractivity contribution in [2.75, 3.05) is 26.2 Å². The zero-order valence-electron chi connectivity index (χ0n) is 49.9. The van der Waals surface area contributed by atoms with Crippen LogP contribution in [-0.2, 0) is 35.8 Å². The number of rotatable bonds is 26. The summed E-state index contributed by atoms with van der Waals surface area (Å²) in [4.78, 5) is 49.9. The van der Waals surface area contributed by atoms with E-state index in [1.807, 2.05) is 116 Å². The maximum absolute atomic E-state index is 13.3. The number of hydrogen-bond acceptors (Lipinski definition) is 12. The molecule has 0 saturated carbocycles. The number of pyridine rings is 4. The van der Waals surface area contributed by atoms with Gasteiger partial charge >= 0.3 is 28.5 Å². The van der Waals surface area contributed by atoms with Gasteiger partial charge in [0, 0.05) is 83.3 Å². The van der Waals surface area contributed by atoms with Crippen molar-refractivity contribution < 1.29 is 112 Å². The van der Waals surface area contributed by atoms with Gasteiger partial charge in [-0.15, -0.1) is 0 Å². The van der Waals surface area contributed by atoms with E-state index >= 15 is 0 Å². The first kappa shape index (κ1) is 72.5. The minimum Gasteiger partial charge on any atom is -1.00 e. The summed E-state index contributed by atoms with van der Waals surface area (Å²) >= 11 is 0. The van der Waals surface area contributed by atoms with Crippen LogP contribution in [-0.4, -0.2) is 118 Å². The highest BCUT2D eigenvalue weighted by Gasteiger charge is 2.25. The zero-order valence-corrected chi connectivity index (χ0v) is 53.0. The number of nitrogens with zero attached hydrogens (tertiary/aromatic N) is 4. The average molecular weight is 1350 g/mol. The van der Waals surface area contributed by atoms with Gasteiger partial charge in [-0.1, -0.05) is 110 Å². The summed E-state index contributed by atoms with van der Waals surface area (Å²) in [6.45, 7) is 13.4. The molecule has 4 amide bonds. The van der Waals surface area contributed by atoms with Crippen LogP contribution >= 0.6 is 0 Å². The van der Waals surface area contributed by atoms with Crippen LogP contribution in [0.2, 0.25) is 0 Å². The van der Waals surface area contributed by atoms with Crippen molar-refractivity contribution in [1.82, 2.24) is 21.3 Å². The fourth-order valence-corrected chi connectivity index (χ4v) is 9.56. The lowest BCUT2D eigenvalue weighted by Gasteiger charge is -2.10. The monoisotopic (exact) mass is 1350 g/mol. The Labute approximate surface area is 545 Å². The smallest absolute Gasteiger partial charge is 0.488 e. The quantitative estimate of drug-likeness (QED) is 0.0104. The lowest BCUT2D eigenvalue weighted by atomic mass is 9.77. The van der Waals surface area contributed by atoms with E-state index < -0.39 is 28.5 Å². The first-order valence-electron chi connectivity index (χ1n) is 28.5. The molecule has 26 heteroatoms. The molecule has 90 heavy (non-hydrogen) atoms. The van der Waals surface area contributed by atoms with Crippen LogP contribution in [0.25, 0.3) is 22.3 Å². The van der Waals surface area contributed by atoms with Crippen LogP contribution in [0.5, 0.6) is 0 Å². The van der Waals surface area contributed by atoms with Crippen LogP contribution in [0.1, 0.15) is 69.7 Å². The van der Waals surface area contributed by atoms with E-state index in [1.54, 1.807) is 99.0 Å². The van der Waals surface area contributed by atoms with Gasteiger partial charge in [0.05, 0.1) is 11.1 Å². The second kappa shape index (κ2) is 35.8.